The van der Waals surface area contributed by atoms with Crippen LogP contribution in [0.3, 0.4) is 0 Å². The molecule has 0 spiro atoms. The van der Waals surface area contributed by atoms with Crippen molar-refractivity contribution in [3.05, 3.63) is 42.2 Å². The van der Waals surface area contributed by atoms with Gasteiger partial charge in [-0.05, 0) is 52.3 Å². The van der Waals surface area contributed by atoms with E-state index in [2.05, 4.69) is 81.2 Å². The number of hydrogen-bond donors (Lipinski definition) is 1. The molecule has 0 unspecified atom stereocenters. The number of anilines is 3. The third-order valence-corrected chi connectivity index (χ3v) is 6.89. The Hall–Kier alpha value is -3.01. The van der Waals surface area contributed by atoms with Gasteiger partial charge in [0.25, 0.3) is 0 Å². The molecule has 34 heavy (non-hydrogen) atoms. The molecule has 178 valence electrons. The maximum Gasteiger partial charge on any atom is 0.145 e. The maximum absolute atomic E-state index is 6.52. The Balaban J connectivity index is 1.55. The first-order valence-corrected chi connectivity index (χ1v) is 12.5. The lowest BCUT2D eigenvalue weighted by molar-refractivity contribution is 0.179. The average Bonchev–Trinajstić information content (AvgIpc) is 3.27. The minimum absolute atomic E-state index is 0.0162. The van der Waals surface area contributed by atoms with Gasteiger partial charge in [0.15, 0.2) is 0 Å². The fraction of sp³-hybridized carbons (Fsp3) is 0.400. The first-order chi connectivity index (χ1) is 16.5. The Morgan fingerprint density at radius 3 is 2.68 bits per heavy atom. The number of fused-ring (bicyclic) bond motifs is 2. The van der Waals surface area contributed by atoms with Crippen LogP contribution in [0.15, 0.2) is 42.2 Å². The highest BCUT2D eigenvalue weighted by Crippen LogP contribution is 2.37. The van der Waals surface area contributed by atoms with Crippen molar-refractivity contribution in [2.24, 2.45) is 0 Å². The van der Waals surface area contributed by atoms with Crippen molar-refractivity contribution in [3.63, 3.8) is 0 Å². The molecule has 8 nitrogen and oxygen atoms in total. The summed E-state index contributed by atoms with van der Waals surface area (Å²) in [6, 6.07) is 10.5. The molecule has 0 radical (unpaired) electrons. The van der Waals surface area contributed by atoms with E-state index in [0.717, 1.165) is 76.8 Å². The SMILES string of the molecule is C[C@H](CN(C)C)Oc1cc(N2CCN(C)CC2)cc2ncnc(Nc3ccc4ncsc4c3)c12. The van der Waals surface area contributed by atoms with Crippen molar-refractivity contribution in [3.8, 4) is 5.75 Å². The van der Waals surface area contributed by atoms with Crippen molar-refractivity contribution in [1.29, 1.82) is 0 Å². The van der Waals surface area contributed by atoms with E-state index in [1.807, 2.05) is 17.6 Å². The molecule has 4 aromatic rings. The van der Waals surface area contributed by atoms with Crippen molar-refractivity contribution in [1.82, 2.24) is 24.8 Å². The summed E-state index contributed by atoms with van der Waals surface area (Å²) in [6.07, 6.45) is 1.64. The van der Waals surface area contributed by atoms with Gasteiger partial charge in [-0.1, -0.05) is 0 Å². The summed E-state index contributed by atoms with van der Waals surface area (Å²) in [7, 11) is 6.29. The average molecular weight is 478 g/mol. The summed E-state index contributed by atoms with van der Waals surface area (Å²) in [5.74, 6) is 1.55. The molecule has 0 amide bonds. The van der Waals surface area contributed by atoms with Crippen LogP contribution in [0.5, 0.6) is 5.75 Å². The summed E-state index contributed by atoms with van der Waals surface area (Å²) in [5.41, 5.74) is 5.85. The number of piperazine rings is 1. The molecule has 9 heteroatoms. The second-order valence-electron chi connectivity index (χ2n) is 9.20. The van der Waals surface area contributed by atoms with E-state index in [0.29, 0.717) is 0 Å². The molecule has 2 aromatic carbocycles. The van der Waals surface area contributed by atoms with Crippen molar-refractivity contribution in [2.45, 2.75) is 13.0 Å². The van der Waals surface area contributed by atoms with E-state index >= 15 is 0 Å². The number of aromatic nitrogens is 3. The van der Waals surface area contributed by atoms with E-state index in [1.165, 1.54) is 0 Å². The number of ether oxygens (including phenoxy) is 1. The summed E-state index contributed by atoms with van der Waals surface area (Å²) < 4.78 is 7.66. The number of rotatable bonds is 7. The standard InChI is InChI=1S/C25H31N7OS/c1-17(14-30(2)3)33-22-13-19(32-9-7-31(4)8-10-32)12-21-24(22)25(27-15-26-21)29-18-5-6-20-23(11-18)34-16-28-20/h5-6,11-13,15-17H,7-10,14H2,1-4H3,(H,26,27,29)/t17-/m1/s1. The van der Waals surface area contributed by atoms with Gasteiger partial charge in [-0.3, -0.25) is 0 Å². The zero-order chi connectivity index (χ0) is 23.7. The highest BCUT2D eigenvalue weighted by Gasteiger charge is 2.20. The molecule has 1 saturated heterocycles. The van der Waals surface area contributed by atoms with Crippen LogP contribution in [0.1, 0.15) is 6.92 Å². The Labute approximate surface area is 204 Å². The van der Waals surface area contributed by atoms with Crippen molar-refractivity contribution in [2.75, 3.05) is 64.1 Å². The second kappa shape index (κ2) is 9.69. The first-order valence-electron chi connectivity index (χ1n) is 11.6. The van der Waals surface area contributed by atoms with Gasteiger partial charge < -0.3 is 24.8 Å². The summed E-state index contributed by atoms with van der Waals surface area (Å²) in [5, 5.41) is 4.40. The van der Waals surface area contributed by atoms with Gasteiger partial charge in [0.2, 0.25) is 0 Å². The molecule has 0 aliphatic carbocycles. The maximum atomic E-state index is 6.52. The lowest BCUT2D eigenvalue weighted by Crippen LogP contribution is -2.44. The van der Waals surface area contributed by atoms with Crippen LogP contribution in [0.4, 0.5) is 17.2 Å². The monoisotopic (exact) mass is 477 g/mol. The molecule has 5 rings (SSSR count). The summed E-state index contributed by atoms with van der Waals surface area (Å²) in [4.78, 5) is 20.5. The molecule has 3 heterocycles. The first kappa shape index (κ1) is 22.8. The van der Waals surface area contributed by atoms with E-state index in [9.17, 15) is 0 Å². The van der Waals surface area contributed by atoms with Crippen LogP contribution in [0, 0.1) is 0 Å². The Morgan fingerprint density at radius 2 is 1.88 bits per heavy atom. The Morgan fingerprint density at radius 1 is 1.06 bits per heavy atom. The van der Waals surface area contributed by atoms with E-state index in [1.54, 1.807) is 17.7 Å². The molecule has 1 aliphatic heterocycles. The van der Waals surface area contributed by atoms with E-state index in [-0.39, 0.29) is 6.10 Å². The molecular formula is C25H31N7OS. The van der Waals surface area contributed by atoms with Crippen molar-refractivity contribution < 1.29 is 4.74 Å². The lowest BCUT2D eigenvalue weighted by atomic mass is 10.1. The van der Waals surface area contributed by atoms with Crippen LogP contribution >= 0.6 is 11.3 Å². The molecule has 0 bridgehead atoms. The highest BCUT2D eigenvalue weighted by molar-refractivity contribution is 7.16. The topological polar surface area (TPSA) is 69.7 Å². The molecule has 1 fully saturated rings. The molecular weight excluding hydrogens is 446 g/mol. The second-order valence-corrected chi connectivity index (χ2v) is 10.1. The van der Waals surface area contributed by atoms with E-state index < -0.39 is 0 Å². The lowest BCUT2D eigenvalue weighted by Gasteiger charge is -2.34. The Kier molecular flexibility index (Phi) is 6.49. The third-order valence-electron chi connectivity index (χ3n) is 6.10. The minimum Gasteiger partial charge on any atom is -0.488 e. The molecule has 1 aliphatic rings. The zero-order valence-corrected chi connectivity index (χ0v) is 21.0. The smallest absolute Gasteiger partial charge is 0.145 e. The quantitative estimate of drug-likeness (QED) is 0.427. The minimum atomic E-state index is 0.0162. The number of nitrogens with zero attached hydrogens (tertiary/aromatic N) is 6. The number of benzene rings is 2. The largest absolute Gasteiger partial charge is 0.488 e. The number of hydrogen-bond acceptors (Lipinski definition) is 9. The molecule has 1 atom stereocenters. The van der Waals surface area contributed by atoms with Gasteiger partial charge in [-0.25, -0.2) is 15.0 Å². The van der Waals surface area contributed by atoms with Crippen molar-refractivity contribution >= 4 is 49.6 Å². The third kappa shape index (κ3) is 4.91. The zero-order valence-electron chi connectivity index (χ0n) is 20.2. The summed E-state index contributed by atoms with van der Waals surface area (Å²) >= 11 is 1.63. The predicted octanol–water partition coefficient (Wildman–Crippen LogP) is 4.06. The Bertz CT molecular complexity index is 1280. The predicted molar refractivity (Wildman–Crippen MR) is 141 cm³/mol. The number of thiazole rings is 1. The number of likely N-dealkylation sites (N-methyl/N-ethyl adjacent to an activating group) is 2. The van der Waals surface area contributed by atoms with Gasteiger partial charge in [0.05, 0.1) is 26.6 Å². The van der Waals surface area contributed by atoms with Crippen LogP contribution < -0.4 is 15.0 Å². The van der Waals surface area contributed by atoms with Gasteiger partial charge >= 0.3 is 0 Å². The van der Waals surface area contributed by atoms with Gasteiger partial charge in [0, 0.05) is 50.2 Å². The number of nitrogens with one attached hydrogen (secondary N) is 1. The fourth-order valence-electron chi connectivity index (χ4n) is 4.41. The highest BCUT2D eigenvalue weighted by atomic mass is 32.1. The van der Waals surface area contributed by atoms with Gasteiger partial charge in [-0.15, -0.1) is 11.3 Å². The molecule has 2 aromatic heterocycles. The van der Waals surface area contributed by atoms with Crippen LogP contribution in [0.25, 0.3) is 21.1 Å². The van der Waals surface area contributed by atoms with Crippen LogP contribution in [-0.2, 0) is 0 Å². The normalized spacial score (nSPS) is 15.9. The fourth-order valence-corrected chi connectivity index (χ4v) is 5.13. The van der Waals surface area contributed by atoms with E-state index in [4.69, 9.17) is 4.74 Å². The van der Waals surface area contributed by atoms with Gasteiger partial charge in [0.1, 0.15) is 24.0 Å². The summed E-state index contributed by atoms with van der Waals surface area (Å²) in [6.45, 7) is 6.98. The van der Waals surface area contributed by atoms with Crippen LogP contribution in [-0.4, -0.2) is 84.7 Å². The van der Waals surface area contributed by atoms with Gasteiger partial charge in [-0.2, -0.15) is 0 Å². The molecule has 1 N–H and O–H groups in total. The van der Waals surface area contributed by atoms with Crippen LogP contribution in [0.2, 0.25) is 0 Å². The molecule has 0 saturated carbocycles.